The SMILES string of the molecule is N=CCC(=N)CCNCc1ccc(-c2cccc(S(N)(=O)=O)c2-c2n[nH][nH]2)cc1. The Morgan fingerprint density at radius 1 is 1.21 bits per heavy atom. The Bertz CT molecular complexity index is 1090. The molecule has 3 aromatic rings. The third kappa shape index (κ3) is 5.05. The normalized spacial score (nSPS) is 11.5. The molecule has 0 saturated carbocycles. The Balaban J connectivity index is 1.77. The number of sulfonamides is 1. The molecule has 0 radical (unpaired) electrons. The number of hydrogen-bond donors (Lipinski definition) is 6. The van der Waals surface area contributed by atoms with Crippen molar-refractivity contribution in [1.29, 1.82) is 10.8 Å². The van der Waals surface area contributed by atoms with Gasteiger partial charge >= 0.3 is 0 Å². The highest BCUT2D eigenvalue weighted by atomic mass is 32.2. The zero-order valence-corrected chi connectivity index (χ0v) is 16.5. The van der Waals surface area contributed by atoms with Crippen molar-refractivity contribution in [3.05, 3.63) is 48.0 Å². The molecule has 7 N–H and O–H groups in total. The first-order chi connectivity index (χ1) is 13.9. The number of rotatable bonds is 10. The molecule has 0 aliphatic carbocycles. The van der Waals surface area contributed by atoms with Crippen LogP contribution in [0.4, 0.5) is 0 Å². The standard InChI is InChI=1S/C19H23N7O2S/c20-10-8-15(21)9-11-23-12-13-4-6-14(7-5-13)16-2-1-3-17(29(22,27)28)18(16)19-24-26-25-19/h1-7,10,20-21,23,26H,8-9,11-12H2,(H,24,25)(H2,22,27,28). The van der Waals surface area contributed by atoms with E-state index in [-0.39, 0.29) is 4.90 Å². The molecule has 10 heteroatoms. The van der Waals surface area contributed by atoms with Crippen LogP contribution >= 0.6 is 0 Å². The summed E-state index contributed by atoms with van der Waals surface area (Å²) in [6.45, 7) is 1.33. The second-order valence-corrected chi connectivity index (χ2v) is 8.09. The van der Waals surface area contributed by atoms with Crippen LogP contribution < -0.4 is 10.5 Å². The summed E-state index contributed by atoms with van der Waals surface area (Å²) in [4.78, 5) is 0.0147. The minimum absolute atomic E-state index is 0.0147. The Morgan fingerprint density at radius 2 is 1.93 bits per heavy atom. The molecular formula is C19H23N7O2S. The number of primary sulfonamides is 1. The summed E-state index contributed by atoms with van der Waals surface area (Å²) in [5.74, 6) is 0.419. The first-order valence-electron chi connectivity index (χ1n) is 9.00. The quantitative estimate of drug-likeness (QED) is 0.222. The van der Waals surface area contributed by atoms with E-state index in [1.807, 2.05) is 30.3 Å². The van der Waals surface area contributed by atoms with Crippen LogP contribution in [0, 0.1) is 10.8 Å². The number of H-pyrrole nitrogens is 2. The van der Waals surface area contributed by atoms with E-state index in [1.165, 1.54) is 12.3 Å². The molecule has 1 heterocycles. The van der Waals surface area contributed by atoms with Crippen molar-refractivity contribution >= 4 is 21.9 Å². The number of benzene rings is 2. The maximum Gasteiger partial charge on any atom is 0.238 e. The van der Waals surface area contributed by atoms with Gasteiger partial charge in [-0.1, -0.05) is 36.4 Å². The van der Waals surface area contributed by atoms with E-state index in [0.29, 0.717) is 48.6 Å². The van der Waals surface area contributed by atoms with E-state index in [4.69, 9.17) is 16.0 Å². The lowest BCUT2D eigenvalue weighted by Gasteiger charge is -2.15. The van der Waals surface area contributed by atoms with Crippen LogP contribution in [0.5, 0.6) is 0 Å². The molecule has 9 nitrogen and oxygen atoms in total. The molecule has 0 saturated heterocycles. The summed E-state index contributed by atoms with van der Waals surface area (Å²) in [7, 11) is -3.91. The predicted octanol–water partition coefficient (Wildman–Crippen LogP) is 2.26. The zero-order chi connectivity index (χ0) is 20.9. The second kappa shape index (κ2) is 8.95. The van der Waals surface area contributed by atoms with Crippen LogP contribution in [0.2, 0.25) is 0 Å². The molecule has 0 aliphatic rings. The van der Waals surface area contributed by atoms with Gasteiger partial charge in [0.25, 0.3) is 0 Å². The van der Waals surface area contributed by atoms with E-state index in [9.17, 15) is 8.42 Å². The lowest BCUT2D eigenvalue weighted by atomic mass is 9.98. The summed E-state index contributed by atoms with van der Waals surface area (Å²) >= 11 is 0. The van der Waals surface area contributed by atoms with Crippen LogP contribution in [0.1, 0.15) is 18.4 Å². The van der Waals surface area contributed by atoms with Gasteiger partial charge in [0, 0.05) is 37.0 Å². The lowest BCUT2D eigenvalue weighted by Crippen LogP contribution is -2.17. The number of hydrogen-bond acceptors (Lipinski definition) is 6. The van der Waals surface area contributed by atoms with Crippen molar-refractivity contribution < 1.29 is 8.42 Å². The highest BCUT2D eigenvalue weighted by molar-refractivity contribution is 7.89. The van der Waals surface area contributed by atoms with E-state index < -0.39 is 10.0 Å². The van der Waals surface area contributed by atoms with Gasteiger partial charge in [-0.25, -0.2) is 18.8 Å². The summed E-state index contributed by atoms with van der Waals surface area (Å²) in [6, 6.07) is 12.7. The van der Waals surface area contributed by atoms with Crippen molar-refractivity contribution in [3.8, 4) is 22.5 Å². The third-order valence-corrected chi connectivity index (χ3v) is 5.41. The first kappa shape index (κ1) is 20.6. The molecule has 0 atom stereocenters. The van der Waals surface area contributed by atoms with Crippen molar-refractivity contribution in [2.45, 2.75) is 24.3 Å². The summed E-state index contributed by atoms with van der Waals surface area (Å²) in [5, 5.41) is 32.6. The summed E-state index contributed by atoms with van der Waals surface area (Å²) in [6.07, 6.45) is 2.24. The molecule has 0 aliphatic heterocycles. The first-order valence-corrected chi connectivity index (χ1v) is 10.5. The number of nitrogens with two attached hydrogens (primary N) is 1. The van der Waals surface area contributed by atoms with E-state index >= 15 is 0 Å². The fourth-order valence-corrected chi connectivity index (χ4v) is 3.74. The predicted molar refractivity (Wildman–Crippen MR) is 113 cm³/mol. The average molecular weight is 414 g/mol. The molecule has 0 spiro atoms. The maximum absolute atomic E-state index is 12.0. The van der Waals surface area contributed by atoms with Gasteiger partial charge in [0.15, 0.2) is 5.82 Å². The summed E-state index contributed by atoms with van der Waals surface area (Å²) < 4.78 is 24.0. The van der Waals surface area contributed by atoms with E-state index in [0.717, 1.165) is 11.1 Å². The maximum atomic E-state index is 12.0. The topological polar surface area (TPSA) is 164 Å². The van der Waals surface area contributed by atoms with Crippen LogP contribution in [0.15, 0.2) is 47.4 Å². The van der Waals surface area contributed by atoms with Crippen molar-refractivity contribution in [2.75, 3.05) is 6.54 Å². The molecule has 1 aromatic heterocycles. The Labute approximate surface area is 168 Å². The van der Waals surface area contributed by atoms with Crippen molar-refractivity contribution in [3.63, 3.8) is 0 Å². The Kier molecular flexibility index (Phi) is 6.37. The smallest absolute Gasteiger partial charge is 0.238 e. The molecular weight excluding hydrogens is 390 g/mol. The number of aromatic amines is 2. The van der Waals surface area contributed by atoms with Gasteiger partial charge in [-0.15, -0.1) is 5.10 Å². The van der Waals surface area contributed by atoms with E-state index in [1.54, 1.807) is 6.07 Å². The Morgan fingerprint density at radius 3 is 2.52 bits per heavy atom. The minimum Gasteiger partial charge on any atom is -0.313 e. The number of aromatic nitrogens is 3. The fourth-order valence-electron chi connectivity index (χ4n) is 2.98. The van der Waals surface area contributed by atoms with Gasteiger partial charge in [-0.05, 0) is 29.2 Å². The minimum atomic E-state index is -3.91. The molecule has 0 amide bonds. The molecule has 0 unspecified atom stereocenters. The number of nitrogens with one attached hydrogen (secondary N) is 5. The van der Waals surface area contributed by atoms with Crippen LogP contribution in [-0.2, 0) is 16.6 Å². The van der Waals surface area contributed by atoms with Gasteiger partial charge in [0.05, 0.1) is 4.90 Å². The highest BCUT2D eigenvalue weighted by Crippen LogP contribution is 2.35. The summed E-state index contributed by atoms with van der Waals surface area (Å²) in [5.41, 5.74) is 3.59. The van der Waals surface area contributed by atoms with E-state index in [2.05, 4.69) is 20.7 Å². The monoisotopic (exact) mass is 413 g/mol. The molecule has 3 rings (SSSR count). The van der Waals surface area contributed by atoms with Crippen molar-refractivity contribution in [1.82, 2.24) is 20.7 Å². The zero-order valence-electron chi connectivity index (χ0n) is 15.7. The van der Waals surface area contributed by atoms with Gasteiger partial charge in [0.2, 0.25) is 10.0 Å². The van der Waals surface area contributed by atoms with Crippen LogP contribution in [0.25, 0.3) is 22.5 Å². The van der Waals surface area contributed by atoms with Crippen LogP contribution in [-0.4, -0.2) is 42.3 Å². The molecule has 2 aromatic carbocycles. The fraction of sp³-hybridized carbons (Fsp3) is 0.211. The van der Waals surface area contributed by atoms with Gasteiger partial charge in [0.1, 0.15) is 0 Å². The van der Waals surface area contributed by atoms with Crippen molar-refractivity contribution in [2.24, 2.45) is 5.14 Å². The molecule has 0 fully saturated rings. The third-order valence-electron chi connectivity index (χ3n) is 4.46. The Hall–Kier alpha value is -3.08. The molecule has 152 valence electrons. The van der Waals surface area contributed by atoms with Crippen LogP contribution in [0.3, 0.4) is 0 Å². The average Bonchev–Trinajstić information content (AvgIpc) is 2.64. The second-order valence-electron chi connectivity index (χ2n) is 6.56. The largest absolute Gasteiger partial charge is 0.313 e. The number of nitrogens with zero attached hydrogens (tertiary/aromatic N) is 1. The highest BCUT2D eigenvalue weighted by Gasteiger charge is 2.22. The molecule has 29 heavy (non-hydrogen) atoms. The molecule has 0 bridgehead atoms. The lowest BCUT2D eigenvalue weighted by molar-refractivity contribution is 0.597. The van der Waals surface area contributed by atoms with Gasteiger partial charge < -0.3 is 16.1 Å². The van der Waals surface area contributed by atoms with Gasteiger partial charge in [-0.3, -0.25) is 5.10 Å². The van der Waals surface area contributed by atoms with Gasteiger partial charge in [-0.2, -0.15) is 0 Å².